The molecule has 0 aromatic heterocycles. The lowest BCUT2D eigenvalue weighted by Gasteiger charge is -2.17. The SMILES string of the molecule is CCO[C@@H]1CO[C@H]2[C@@H]1OC[C@H]2OS(=O)(=O)c1ccc(C)cc1. The first-order valence-electron chi connectivity index (χ1n) is 7.36. The molecule has 0 radical (unpaired) electrons. The third-order valence-corrected chi connectivity index (χ3v) is 5.25. The second-order valence-electron chi connectivity index (χ2n) is 5.49. The van der Waals surface area contributed by atoms with Gasteiger partial charge in [0.15, 0.2) is 0 Å². The van der Waals surface area contributed by atoms with Crippen molar-refractivity contribution in [3.63, 3.8) is 0 Å². The van der Waals surface area contributed by atoms with Crippen LogP contribution >= 0.6 is 0 Å². The summed E-state index contributed by atoms with van der Waals surface area (Å²) in [5, 5.41) is 0. The van der Waals surface area contributed by atoms with Crippen molar-refractivity contribution in [2.75, 3.05) is 19.8 Å². The summed E-state index contributed by atoms with van der Waals surface area (Å²) in [4.78, 5) is 0.140. The molecule has 6 nitrogen and oxygen atoms in total. The van der Waals surface area contributed by atoms with Crippen LogP contribution in [0.5, 0.6) is 0 Å². The molecule has 2 aliphatic rings. The Morgan fingerprint density at radius 3 is 2.32 bits per heavy atom. The lowest BCUT2D eigenvalue weighted by Crippen LogP contribution is -2.35. The van der Waals surface area contributed by atoms with Gasteiger partial charge >= 0.3 is 0 Å². The van der Waals surface area contributed by atoms with Crippen LogP contribution in [-0.4, -0.2) is 52.7 Å². The fraction of sp³-hybridized carbons (Fsp3) is 0.600. The maximum absolute atomic E-state index is 12.3. The minimum Gasteiger partial charge on any atom is -0.373 e. The summed E-state index contributed by atoms with van der Waals surface area (Å²) < 4.78 is 46.8. The van der Waals surface area contributed by atoms with E-state index in [0.717, 1.165) is 5.56 Å². The van der Waals surface area contributed by atoms with Crippen LogP contribution in [0.25, 0.3) is 0 Å². The van der Waals surface area contributed by atoms with Crippen molar-refractivity contribution in [3.8, 4) is 0 Å². The van der Waals surface area contributed by atoms with Crippen molar-refractivity contribution in [1.29, 1.82) is 0 Å². The van der Waals surface area contributed by atoms with E-state index in [9.17, 15) is 8.42 Å². The van der Waals surface area contributed by atoms with Gasteiger partial charge in [-0.1, -0.05) is 17.7 Å². The van der Waals surface area contributed by atoms with Gasteiger partial charge in [0.25, 0.3) is 10.1 Å². The van der Waals surface area contributed by atoms with Gasteiger partial charge in [-0.15, -0.1) is 0 Å². The Morgan fingerprint density at radius 1 is 1.09 bits per heavy atom. The standard InChI is InChI=1S/C15H20O6S/c1-3-18-12-8-19-15-13(9-20-14(12)15)21-22(16,17)11-6-4-10(2)5-7-11/h4-7,12-15H,3,8-9H2,1-2H3/t12-,13-,14-,15-/m1/s1. The highest BCUT2D eigenvalue weighted by Gasteiger charge is 2.50. The Morgan fingerprint density at radius 2 is 1.68 bits per heavy atom. The zero-order valence-electron chi connectivity index (χ0n) is 12.6. The van der Waals surface area contributed by atoms with E-state index >= 15 is 0 Å². The third-order valence-electron chi connectivity index (χ3n) is 3.90. The van der Waals surface area contributed by atoms with E-state index in [0.29, 0.717) is 13.2 Å². The van der Waals surface area contributed by atoms with E-state index in [-0.39, 0.29) is 23.7 Å². The summed E-state index contributed by atoms with van der Waals surface area (Å²) in [6, 6.07) is 6.55. The molecule has 0 unspecified atom stereocenters. The van der Waals surface area contributed by atoms with E-state index in [1.54, 1.807) is 12.1 Å². The molecule has 0 amide bonds. The average Bonchev–Trinajstić information content (AvgIpc) is 3.04. The fourth-order valence-electron chi connectivity index (χ4n) is 2.79. The van der Waals surface area contributed by atoms with Crippen molar-refractivity contribution in [1.82, 2.24) is 0 Å². The molecule has 0 N–H and O–H groups in total. The Bertz CT molecular complexity index is 611. The van der Waals surface area contributed by atoms with Crippen LogP contribution in [0.2, 0.25) is 0 Å². The predicted molar refractivity (Wildman–Crippen MR) is 78.1 cm³/mol. The number of aryl methyl sites for hydroxylation is 1. The van der Waals surface area contributed by atoms with Crippen LogP contribution < -0.4 is 0 Å². The summed E-state index contributed by atoms with van der Waals surface area (Å²) in [6.45, 7) is 4.94. The number of benzene rings is 1. The largest absolute Gasteiger partial charge is 0.373 e. The molecule has 0 saturated carbocycles. The summed E-state index contributed by atoms with van der Waals surface area (Å²) >= 11 is 0. The van der Waals surface area contributed by atoms with E-state index in [1.165, 1.54) is 12.1 Å². The topological polar surface area (TPSA) is 71.1 Å². The second-order valence-corrected chi connectivity index (χ2v) is 7.06. The molecule has 22 heavy (non-hydrogen) atoms. The second kappa shape index (κ2) is 6.25. The van der Waals surface area contributed by atoms with Crippen LogP contribution in [0.4, 0.5) is 0 Å². The first-order chi connectivity index (χ1) is 10.5. The van der Waals surface area contributed by atoms with Gasteiger partial charge < -0.3 is 14.2 Å². The fourth-order valence-corrected chi connectivity index (χ4v) is 3.86. The molecule has 2 saturated heterocycles. The third kappa shape index (κ3) is 3.04. The van der Waals surface area contributed by atoms with Crippen LogP contribution in [0, 0.1) is 6.92 Å². The zero-order valence-corrected chi connectivity index (χ0v) is 13.4. The molecule has 1 aromatic rings. The molecule has 1 aromatic carbocycles. The Kier molecular flexibility index (Phi) is 4.52. The Labute approximate surface area is 130 Å². The molecular formula is C15H20O6S. The number of ether oxygens (including phenoxy) is 3. The Hall–Kier alpha value is -0.990. The lowest BCUT2D eigenvalue weighted by atomic mass is 10.1. The smallest absolute Gasteiger partial charge is 0.297 e. The molecule has 2 fully saturated rings. The van der Waals surface area contributed by atoms with E-state index in [2.05, 4.69) is 0 Å². The molecule has 0 bridgehead atoms. The van der Waals surface area contributed by atoms with Crippen molar-refractivity contribution in [2.45, 2.75) is 43.2 Å². The summed E-state index contributed by atoms with van der Waals surface area (Å²) in [7, 11) is -3.83. The van der Waals surface area contributed by atoms with Crippen LogP contribution in [-0.2, 0) is 28.5 Å². The molecule has 2 heterocycles. The van der Waals surface area contributed by atoms with Gasteiger partial charge in [0.05, 0.1) is 18.1 Å². The highest BCUT2D eigenvalue weighted by Crippen LogP contribution is 2.32. The van der Waals surface area contributed by atoms with E-state index < -0.39 is 22.3 Å². The zero-order chi connectivity index (χ0) is 15.7. The maximum Gasteiger partial charge on any atom is 0.297 e. The van der Waals surface area contributed by atoms with Crippen LogP contribution in [0.3, 0.4) is 0 Å². The van der Waals surface area contributed by atoms with Gasteiger partial charge in [-0.2, -0.15) is 8.42 Å². The quantitative estimate of drug-likeness (QED) is 0.758. The highest BCUT2D eigenvalue weighted by molar-refractivity contribution is 7.86. The van der Waals surface area contributed by atoms with Gasteiger partial charge in [-0.3, -0.25) is 4.18 Å². The Balaban J connectivity index is 1.70. The van der Waals surface area contributed by atoms with Crippen molar-refractivity contribution >= 4 is 10.1 Å². The molecular weight excluding hydrogens is 308 g/mol. The molecule has 3 rings (SSSR count). The lowest BCUT2D eigenvalue weighted by molar-refractivity contribution is -0.0306. The maximum atomic E-state index is 12.3. The molecule has 0 aliphatic carbocycles. The average molecular weight is 328 g/mol. The van der Waals surface area contributed by atoms with Gasteiger partial charge in [-0.05, 0) is 26.0 Å². The van der Waals surface area contributed by atoms with Crippen LogP contribution in [0.15, 0.2) is 29.2 Å². The van der Waals surface area contributed by atoms with Gasteiger partial charge in [0, 0.05) is 6.61 Å². The predicted octanol–water partition coefficient (Wildman–Crippen LogP) is 1.27. The van der Waals surface area contributed by atoms with Crippen LogP contribution in [0.1, 0.15) is 12.5 Å². The number of hydrogen-bond acceptors (Lipinski definition) is 6. The monoisotopic (exact) mass is 328 g/mol. The minimum absolute atomic E-state index is 0.140. The van der Waals surface area contributed by atoms with Crippen molar-refractivity contribution < 1.29 is 26.8 Å². The number of rotatable bonds is 5. The van der Waals surface area contributed by atoms with E-state index in [1.807, 2.05) is 13.8 Å². The van der Waals surface area contributed by atoms with Crippen molar-refractivity contribution in [2.24, 2.45) is 0 Å². The van der Waals surface area contributed by atoms with Gasteiger partial charge in [0.2, 0.25) is 0 Å². The first-order valence-corrected chi connectivity index (χ1v) is 8.77. The van der Waals surface area contributed by atoms with Gasteiger partial charge in [-0.25, -0.2) is 0 Å². The number of fused-ring (bicyclic) bond motifs is 1. The number of hydrogen-bond donors (Lipinski definition) is 0. The minimum atomic E-state index is -3.83. The summed E-state index contributed by atoms with van der Waals surface area (Å²) in [6.07, 6.45) is -1.47. The molecule has 122 valence electrons. The normalized spacial score (nSPS) is 31.4. The summed E-state index contributed by atoms with van der Waals surface area (Å²) in [5.74, 6) is 0. The molecule has 2 aliphatic heterocycles. The van der Waals surface area contributed by atoms with Crippen molar-refractivity contribution in [3.05, 3.63) is 29.8 Å². The van der Waals surface area contributed by atoms with E-state index in [4.69, 9.17) is 18.4 Å². The highest BCUT2D eigenvalue weighted by atomic mass is 32.2. The summed E-state index contributed by atoms with van der Waals surface area (Å²) in [5.41, 5.74) is 0.988. The first kappa shape index (κ1) is 15.9. The molecule has 0 spiro atoms. The molecule has 7 heteroatoms. The van der Waals surface area contributed by atoms with Gasteiger partial charge in [0.1, 0.15) is 24.4 Å². The molecule has 4 atom stereocenters.